The lowest BCUT2D eigenvalue weighted by molar-refractivity contribution is -0.384. The van der Waals surface area contributed by atoms with Crippen LogP contribution < -0.4 is 5.43 Å². The minimum Gasteiger partial charge on any atom is -0.278 e. The van der Waals surface area contributed by atoms with Crippen LogP contribution in [0.1, 0.15) is 5.56 Å². The van der Waals surface area contributed by atoms with Crippen molar-refractivity contribution in [1.29, 1.82) is 0 Å². The second-order valence-corrected chi connectivity index (χ2v) is 5.53. The Morgan fingerprint density at radius 2 is 2.11 bits per heavy atom. The zero-order chi connectivity index (χ0) is 13.7. The molecule has 1 aromatic heterocycles. The van der Waals surface area contributed by atoms with Crippen LogP contribution in [0.25, 0.3) is 0 Å². The van der Waals surface area contributed by atoms with Gasteiger partial charge < -0.3 is 0 Å². The van der Waals surface area contributed by atoms with Crippen molar-refractivity contribution >= 4 is 40.7 Å². The van der Waals surface area contributed by atoms with Crippen LogP contribution in [-0.4, -0.2) is 17.4 Å². The summed E-state index contributed by atoms with van der Waals surface area (Å²) in [6.45, 7) is 0. The SMILES string of the molecule is CSc1sccc1/C=N\Nc1ccc([N+](=O)[O-])cc1. The molecular weight excluding hydrogens is 282 g/mol. The zero-order valence-corrected chi connectivity index (χ0v) is 11.7. The smallest absolute Gasteiger partial charge is 0.269 e. The van der Waals surface area contributed by atoms with E-state index in [0.717, 1.165) is 5.56 Å². The highest BCUT2D eigenvalue weighted by atomic mass is 32.2. The van der Waals surface area contributed by atoms with Crippen LogP contribution in [-0.2, 0) is 0 Å². The van der Waals surface area contributed by atoms with E-state index in [1.54, 1.807) is 41.4 Å². The first-order chi connectivity index (χ1) is 9.20. The number of nitro benzene ring substituents is 1. The molecule has 0 aliphatic heterocycles. The number of rotatable bonds is 5. The Morgan fingerprint density at radius 1 is 1.37 bits per heavy atom. The molecule has 19 heavy (non-hydrogen) atoms. The summed E-state index contributed by atoms with van der Waals surface area (Å²) in [5, 5.41) is 16.6. The first-order valence-electron chi connectivity index (χ1n) is 5.35. The molecule has 2 aromatic rings. The number of benzene rings is 1. The van der Waals surface area contributed by atoms with Crippen molar-refractivity contribution in [3.05, 3.63) is 51.4 Å². The maximum atomic E-state index is 10.5. The zero-order valence-electron chi connectivity index (χ0n) is 10.1. The first kappa shape index (κ1) is 13.6. The molecule has 1 aromatic carbocycles. The number of hydrogen-bond donors (Lipinski definition) is 1. The van der Waals surface area contributed by atoms with Gasteiger partial charge in [0.15, 0.2) is 0 Å². The monoisotopic (exact) mass is 293 g/mol. The average molecular weight is 293 g/mol. The molecule has 0 aliphatic carbocycles. The number of hydrazone groups is 1. The fraction of sp³-hybridized carbons (Fsp3) is 0.0833. The summed E-state index contributed by atoms with van der Waals surface area (Å²) in [7, 11) is 0. The quantitative estimate of drug-likeness (QED) is 0.394. The van der Waals surface area contributed by atoms with E-state index in [9.17, 15) is 10.1 Å². The fourth-order valence-corrected chi connectivity index (χ4v) is 2.90. The lowest BCUT2D eigenvalue weighted by atomic mass is 10.3. The predicted molar refractivity (Wildman–Crippen MR) is 80.4 cm³/mol. The molecule has 0 radical (unpaired) electrons. The summed E-state index contributed by atoms with van der Waals surface area (Å²) in [5.74, 6) is 0. The molecule has 0 saturated carbocycles. The Morgan fingerprint density at radius 3 is 2.74 bits per heavy atom. The number of non-ortho nitro benzene ring substituents is 1. The lowest BCUT2D eigenvalue weighted by Gasteiger charge is -1.99. The minimum absolute atomic E-state index is 0.0667. The van der Waals surface area contributed by atoms with Gasteiger partial charge >= 0.3 is 0 Å². The molecule has 0 atom stereocenters. The van der Waals surface area contributed by atoms with E-state index in [4.69, 9.17) is 0 Å². The van der Waals surface area contributed by atoms with Crippen LogP contribution in [0, 0.1) is 10.1 Å². The molecule has 0 saturated heterocycles. The molecule has 98 valence electrons. The summed E-state index contributed by atoms with van der Waals surface area (Å²) < 4.78 is 1.20. The van der Waals surface area contributed by atoms with Gasteiger partial charge in [-0.2, -0.15) is 5.10 Å². The Labute approximate surface area is 118 Å². The van der Waals surface area contributed by atoms with E-state index >= 15 is 0 Å². The number of thioether (sulfide) groups is 1. The van der Waals surface area contributed by atoms with Gasteiger partial charge in [0.05, 0.1) is 21.0 Å². The number of nitro groups is 1. The van der Waals surface area contributed by atoms with E-state index in [2.05, 4.69) is 10.5 Å². The summed E-state index contributed by atoms with van der Waals surface area (Å²) in [6, 6.07) is 8.13. The highest BCUT2D eigenvalue weighted by molar-refractivity contribution is 8.00. The van der Waals surface area contributed by atoms with Crippen molar-refractivity contribution in [2.24, 2.45) is 5.10 Å². The average Bonchev–Trinajstić information content (AvgIpc) is 2.87. The molecule has 2 rings (SSSR count). The van der Waals surface area contributed by atoms with Gasteiger partial charge in [-0.15, -0.1) is 23.1 Å². The Hall–Kier alpha value is -1.86. The number of hydrogen-bond acceptors (Lipinski definition) is 6. The number of anilines is 1. The molecule has 0 amide bonds. The van der Waals surface area contributed by atoms with Crippen LogP contribution in [0.2, 0.25) is 0 Å². The summed E-state index contributed by atoms with van der Waals surface area (Å²) in [4.78, 5) is 10.1. The van der Waals surface area contributed by atoms with E-state index in [0.29, 0.717) is 5.69 Å². The summed E-state index contributed by atoms with van der Waals surface area (Å²) >= 11 is 3.35. The molecule has 0 aliphatic rings. The van der Waals surface area contributed by atoms with E-state index in [1.165, 1.54) is 16.3 Å². The molecule has 5 nitrogen and oxygen atoms in total. The molecule has 0 spiro atoms. The van der Waals surface area contributed by atoms with Crippen LogP contribution in [0.4, 0.5) is 11.4 Å². The van der Waals surface area contributed by atoms with Gasteiger partial charge in [0.1, 0.15) is 0 Å². The van der Waals surface area contributed by atoms with Gasteiger partial charge in [-0.05, 0) is 29.8 Å². The van der Waals surface area contributed by atoms with Crippen molar-refractivity contribution in [2.45, 2.75) is 4.21 Å². The maximum Gasteiger partial charge on any atom is 0.269 e. The standard InChI is InChI=1S/C12H11N3O2S2/c1-18-12-9(6-7-19-12)8-13-14-10-2-4-11(5-3-10)15(16)17/h2-8,14H,1H3/b13-8-. The first-order valence-corrected chi connectivity index (χ1v) is 7.46. The normalized spacial score (nSPS) is 10.8. The minimum atomic E-state index is -0.427. The van der Waals surface area contributed by atoms with Crippen molar-refractivity contribution in [3.8, 4) is 0 Å². The highest BCUT2D eigenvalue weighted by Crippen LogP contribution is 2.25. The number of nitrogens with zero attached hydrogens (tertiary/aromatic N) is 2. The Bertz CT molecular complexity index is 593. The van der Waals surface area contributed by atoms with Gasteiger partial charge in [0.2, 0.25) is 0 Å². The second-order valence-electron chi connectivity index (χ2n) is 3.54. The van der Waals surface area contributed by atoms with E-state index < -0.39 is 4.92 Å². The van der Waals surface area contributed by atoms with Gasteiger partial charge in [-0.3, -0.25) is 15.5 Å². The Balaban J connectivity index is 2.00. The third-order valence-corrected chi connectivity index (χ3v) is 4.44. The van der Waals surface area contributed by atoms with Crippen molar-refractivity contribution in [3.63, 3.8) is 0 Å². The number of thiophene rings is 1. The van der Waals surface area contributed by atoms with Crippen LogP contribution in [0.3, 0.4) is 0 Å². The van der Waals surface area contributed by atoms with Crippen molar-refractivity contribution < 1.29 is 4.92 Å². The summed E-state index contributed by atoms with van der Waals surface area (Å²) in [6.07, 6.45) is 3.76. The van der Waals surface area contributed by atoms with E-state index in [1.807, 2.05) is 17.7 Å². The second kappa shape index (κ2) is 6.35. The predicted octanol–water partition coefficient (Wildman–Crippen LogP) is 3.82. The van der Waals surface area contributed by atoms with Gasteiger partial charge in [0, 0.05) is 17.7 Å². The lowest BCUT2D eigenvalue weighted by Crippen LogP contribution is -1.91. The van der Waals surface area contributed by atoms with Crippen molar-refractivity contribution in [1.82, 2.24) is 0 Å². The molecular formula is C12H11N3O2S2. The summed E-state index contributed by atoms with van der Waals surface area (Å²) in [5.41, 5.74) is 4.68. The topological polar surface area (TPSA) is 67.5 Å². The maximum absolute atomic E-state index is 10.5. The molecule has 7 heteroatoms. The Kier molecular flexibility index (Phi) is 4.53. The third-order valence-electron chi connectivity index (χ3n) is 2.32. The van der Waals surface area contributed by atoms with E-state index in [-0.39, 0.29) is 5.69 Å². The van der Waals surface area contributed by atoms with Gasteiger partial charge in [-0.1, -0.05) is 0 Å². The number of nitrogens with one attached hydrogen (secondary N) is 1. The molecule has 1 N–H and O–H groups in total. The molecule has 1 heterocycles. The third kappa shape index (κ3) is 3.55. The van der Waals surface area contributed by atoms with Crippen LogP contribution >= 0.6 is 23.1 Å². The largest absolute Gasteiger partial charge is 0.278 e. The van der Waals surface area contributed by atoms with Crippen molar-refractivity contribution in [2.75, 3.05) is 11.7 Å². The van der Waals surface area contributed by atoms with Crippen LogP contribution in [0.15, 0.2) is 45.0 Å². The molecule has 0 unspecified atom stereocenters. The fourth-order valence-electron chi connectivity index (χ4n) is 1.40. The molecule has 0 fully saturated rings. The highest BCUT2D eigenvalue weighted by Gasteiger charge is 2.03. The van der Waals surface area contributed by atoms with Crippen LogP contribution in [0.5, 0.6) is 0 Å². The molecule has 0 bridgehead atoms. The van der Waals surface area contributed by atoms with Gasteiger partial charge in [-0.25, -0.2) is 0 Å². The van der Waals surface area contributed by atoms with Gasteiger partial charge in [0.25, 0.3) is 5.69 Å².